The SMILES string of the molecule is CCC1CCCCC1NS(=O)(=O)c1ccc(C#N)c(Cl)c1. The van der Waals surface area contributed by atoms with Crippen molar-refractivity contribution in [3.63, 3.8) is 0 Å². The van der Waals surface area contributed by atoms with Gasteiger partial charge in [0.15, 0.2) is 0 Å². The molecule has 0 saturated heterocycles. The van der Waals surface area contributed by atoms with E-state index in [-0.39, 0.29) is 21.5 Å². The summed E-state index contributed by atoms with van der Waals surface area (Å²) < 4.78 is 27.7. The summed E-state index contributed by atoms with van der Waals surface area (Å²) in [5.74, 6) is 0.391. The first-order valence-corrected chi connectivity index (χ1v) is 9.06. The molecule has 2 atom stereocenters. The summed E-state index contributed by atoms with van der Waals surface area (Å²) in [4.78, 5) is 0.118. The smallest absolute Gasteiger partial charge is 0.208 e. The summed E-state index contributed by atoms with van der Waals surface area (Å²) in [5, 5.41) is 9.00. The number of rotatable bonds is 4. The van der Waals surface area contributed by atoms with E-state index in [1.54, 1.807) is 0 Å². The van der Waals surface area contributed by atoms with E-state index in [0.717, 1.165) is 25.7 Å². The van der Waals surface area contributed by atoms with E-state index in [4.69, 9.17) is 16.9 Å². The van der Waals surface area contributed by atoms with Crippen molar-refractivity contribution >= 4 is 21.6 Å². The second-order valence-corrected chi connectivity index (χ2v) is 7.56. The molecule has 6 heteroatoms. The molecule has 2 rings (SSSR count). The van der Waals surface area contributed by atoms with Gasteiger partial charge in [-0.05, 0) is 37.0 Å². The molecule has 2 unspecified atom stereocenters. The van der Waals surface area contributed by atoms with Gasteiger partial charge < -0.3 is 0 Å². The molecule has 0 spiro atoms. The van der Waals surface area contributed by atoms with Crippen molar-refractivity contribution in [2.75, 3.05) is 0 Å². The Balaban J connectivity index is 2.22. The maximum atomic E-state index is 12.5. The molecule has 1 aromatic rings. The molecule has 0 amide bonds. The van der Waals surface area contributed by atoms with E-state index in [2.05, 4.69) is 11.6 Å². The lowest BCUT2D eigenvalue weighted by atomic mass is 9.83. The van der Waals surface area contributed by atoms with Crippen molar-refractivity contribution in [1.29, 1.82) is 5.26 Å². The fourth-order valence-corrected chi connectivity index (χ4v) is 4.53. The van der Waals surface area contributed by atoms with Crippen LogP contribution >= 0.6 is 11.6 Å². The molecule has 21 heavy (non-hydrogen) atoms. The average Bonchev–Trinajstić information content (AvgIpc) is 2.47. The lowest BCUT2D eigenvalue weighted by Crippen LogP contribution is -2.41. The minimum absolute atomic E-state index is 0.0110. The molecule has 0 aromatic heterocycles. The quantitative estimate of drug-likeness (QED) is 0.921. The highest BCUT2D eigenvalue weighted by Crippen LogP contribution is 2.28. The first-order chi connectivity index (χ1) is 9.97. The van der Waals surface area contributed by atoms with Crippen LogP contribution in [0.3, 0.4) is 0 Å². The average molecular weight is 327 g/mol. The van der Waals surface area contributed by atoms with Crippen LogP contribution in [0.4, 0.5) is 0 Å². The number of halogens is 1. The summed E-state index contributed by atoms with van der Waals surface area (Å²) in [6, 6.07) is 6.12. The van der Waals surface area contributed by atoms with Crippen LogP contribution < -0.4 is 4.72 Å². The standard InChI is InChI=1S/C15H19ClN2O2S/c1-2-11-5-3-4-6-15(11)18-21(19,20)13-8-7-12(10-17)14(16)9-13/h7-9,11,15,18H,2-6H2,1H3. The number of sulfonamides is 1. The lowest BCUT2D eigenvalue weighted by molar-refractivity contribution is 0.282. The highest BCUT2D eigenvalue weighted by atomic mass is 35.5. The maximum Gasteiger partial charge on any atom is 0.240 e. The third-order valence-electron chi connectivity index (χ3n) is 4.11. The van der Waals surface area contributed by atoms with E-state index in [9.17, 15) is 8.42 Å². The van der Waals surface area contributed by atoms with E-state index >= 15 is 0 Å². The van der Waals surface area contributed by atoms with Crippen LogP contribution in [-0.2, 0) is 10.0 Å². The first-order valence-electron chi connectivity index (χ1n) is 7.20. The van der Waals surface area contributed by atoms with Gasteiger partial charge in [0, 0.05) is 6.04 Å². The molecule has 1 N–H and O–H groups in total. The maximum absolute atomic E-state index is 12.5. The number of nitrogens with one attached hydrogen (secondary N) is 1. The Morgan fingerprint density at radius 1 is 1.38 bits per heavy atom. The zero-order chi connectivity index (χ0) is 15.5. The summed E-state index contributed by atoms with van der Waals surface area (Å²) in [6.07, 6.45) is 5.14. The van der Waals surface area contributed by atoms with Crippen molar-refractivity contribution in [3.05, 3.63) is 28.8 Å². The number of hydrogen-bond acceptors (Lipinski definition) is 3. The van der Waals surface area contributed by atoms with Crippen LogP contribution in [0, 0.1) is 17.2 Å². The molecule has 0 aliphatic heterocycles. The summed E-state index contributed by atoms with van der Waals surface area (Å²) in [5.41, 5.74) is 0.278. The summed E-state index contributed by atoms with van der Waals surface area (Å²) in [7, 11) is -3.59. The fourth-order valence-electron chi connectivity index (χ4n) is 2.87. The predicted octanol–water partition coefficient (Wildman–Crippen LogP) is 3.46. The normalized spacial score (nSPS) is 22.7. The van der Waals surface area contributed by atoms with Gasteiger partial charge in [0.05, 0.1) is 15.5 Å². The Hall–Kier alpha value is -1.09. The van der Waals surface area contributed by atoms with Crippen molar-refractivity contribution in [1.82, 2.24) is 4.72 Å². The second-order valence-electron chi connectivity index (χ2n) is 5.43. The molecule has 1 saturated carbocycles. The Morgan fingerprint density at radius 2 is 2.10 bits per heavy atom. The minimum Gasteiger partial charge on any atom is -0.208 e. The zero-order valence-corrected chi connectivity index (χ0v) is 13.5. The monoisotopic (exact) mass is 326 g/mol. The van der Waals surface area contributed by atoms with Gasteiger partial charge in [-0.3, -0.25) is 0 Å². The van der Waals surface area contributed by atoms with Gasteiger partial charge >= 0.3 is 0 Å². The van der Waals surface area contributed by atoms with E-state index in [0.29, 0.717) is 5.92 Å². The number of nitrogens with zero attached hydrogens (tertiary/aromatic N) is 1. The minimum atomic E-state index is -3.59. The molecule has 1 aliphatic rings. The predicted molar refractivity (Wildman–Crippen MR) is 82.5 cm³/mol. The van der Waals surface area contributed by atoms with Crippen LogP contribution in [0.25, 0.3) is 0 Å². The third-order valence-corrected chi connectivity index (χ3v) is 5.91. The Kier molecular flexibility index (Phi) is 5.26. The number of nitriles is 1. The van der Waals surface area contributed by atoms with Crippen molar-refractivity contribution in [2.45, 2.75) is 50.0 Å². The van der Waals surface area contributed by atoms with Crippen LogP contribution in [0.15, 0.2) is 23.1 Å². The molecular formula is C15H19ClN2O2S. The molecule has 1 aliphatic carbocycles. The molecule has 4 nitrogen and oxygen atoms in total. The van der Waals surface area contributed by atoms with Gasteiger partial charge in [0.25, 0.3) is 0 Å². The van der Waals surface area contributed by atoms with Crippen LogP contribution in [0.5, 0.6) is 0 Å². The van der Waals surface area contributed by atoms with E-state index in [1.165, 1.54) is 24.6 Å². The fraction of sp³-hybridized carbons (Fsp3) is 0.533. The molecule has 114 valence electrons. The molecular weight excluding hydrogens is 308 g/mol. The van der Waals surface area contributed by atoms with Gasteiger partial charge in [0.2, 0.25) is 10.0 Å². The van der Waals surface area contributed by atoms with Gasteiger partial charge in [-0.15, -0.1) is 0 Å². The Morgan fingerprint density at radius 3 is 2.71 bits per heavy atom. The van der Waals surface area contributed by atoms with E-state index in [1.807, 2.05) is 6.07 Å². The number of benzene rings is 1. The van der Waals surface area contributed by atoms with Crippen molar-refractivity contribution in [2.24, 2.45) is 5.92 Å². The van der Waals surface area contributed by atoms with Crippen molar-refractivity contribution < 1.29 is 8.42 Å². The number of hydrogen-bond donors (Lipinski definition) is 1. The highest BCUT2D eigenvalue weighted by molar-refractivity contribution is 7.89. The zero-order valence-electron chi connectivity index (χ0n) is 12.0. The van der Waals surface area contributed by atoms with Gasteiger partial charge in [-0.25, -0.2) is 13.1 Å². The van der Waals surface area contributed by atoms with Crippen LogP contribution in [-0.4, -0.2) is 14.5 Å². The van der Waals surface area contributed by atoms with Crippen molar-refractivity contribution in [3.8, 4) is 6.07 Å². The molecule has 0 heterocycles. The highest BCUT2D eigenvalue weighted by Gasteiger charge is 2.28. The topological polar surface area (TPSA) is 70.0 Å². The molecule has 1 fully saturated rings. The van der Waals surface area contributed by atoms with Crippen LogP contribution in [0.2, 0.25) is 5.02 Å². The summed E-state index contributed by atoms with van der Waals surface area (Å²) >= 11 is 5.92. The Bertz CT molecular complexity index is 652. The second kappa shape index (κ2) is 6.78. The lowest BCUT2D eigenvalue weighted by Gasteiger charge is -2.31. The first kappa shape index (κ1) is 16.3. The van der Waals surface area contributed by atoms with Gasteiger partial charge in [-0.2, -0.15) is 5.26 Å². The molecule has 1 aromatic carbocycles. The van der Waals surface area contributed by atoms with Crippen LogP contribution in [0.1, 0.15) is 44.6 Å². The van der Waals surface area contributed by atoms with Gasteiger partial charge in [0.1, 0.15) is 6.07 Å². The summed E-state index contributed by atoms with van der Waals surface area (Å²) in [6.45, 7) is 2.09. The largest absolute Gasteiger partial charge is 0.240 e. The third kappa shape index (κ3) is 3.76. The Labute approximate surface area is 131 Å². The molecule has 0 bridgehead atoms. The van der Waals surface area contributed by atoms with Gasteiger partial charge in [-0.1, -0.05) is 37.8 Å². The molecule has 0 radical (unpaired) electrons. The van der Waals surface area contributed by atoms with E-state index < -0.39 is 10.0 Å².